The van der Waals surface area contributed by atoms with Crippen LogP contribution in [0.2, 0.25) is 0 Å². The number of ether oxygens (including phenoxy) is 1. The van der Waals surface area contributed by atoms with Crippen molar-refractivity contribution < 1.29 is 17.9 Å². The summed E-state index contributed by atoms with van der Waals surface area (Å²) in [7, 11) is -2.14. The largest absolute Gasteiger partial charge is 0.497 e. The molecule has 25 heavy (non-hydrogen) atoms. The van der Waals surface area contributed by atoms with Gasteiger partial charge < -0.3 is 9.64 Å². The Bertz CT molecular complexity index is 892. The van der Waals surface area contributed by atoms with E-state index in [0.29, 0.717) is 30.8 Å². The highest BCUT2D eigenvalue weighted by Crippen LogP contribution is 2.31. The molecular weight excluding hydrogens is 340 g/mol. The molecule has 132 valence electrons. The number of benzene rings is 2. The van der Waals surface area contributed by atoms with E-state index in [2.05, 4.69) is 4.72 Å². The zero-order valence-electron chi connectivity index (χ0n) is 14.2. The first kappa shape index (κ1) is 17.3. The third-order valence-corrected chi connectivity index (χ3v) is 5.58. The van der Waals surface area contributed by atoms with E-state index in [1.807, 2.05) is 6.92 Å². The number of methoxy groups -OCH3 is 1. The minimum Gasteiger partial charge on any atom is -0.497 e. The summed E-state index contributed by atoms with van der Waals surface area (Å²) in [6.07, 6.45) is 1.09. The third-order valence-electron chi connectivity index (χ3n) is 4.20. The van der Waals surface area contributed by atoms with Crippen LogP contribution in [0.5, 0.6) is 5.75 Å². The van der Waals surface area contributed by atoms with Crippen molar-refractivity contribution in [3.8, 4) is 5.75 Å². The van der Waals surface area contributed by atoms with Crippen LogP contribution in [0.1, 0.15) is 18.9 Å². The van der Waals surface area contributed by atoms with Crippen LogP contribution in [-0.4, -0.2) is 28.0 Å². The number of anilines is 2. The van der Waals surface area contributed by atoms with Gasteiger partial charge in [-0.2, -0.15) is 0 Å². The summed E-state index contributed by atoms with van der Waals surface area (Å²) < 4.78 is 32.8. The van der Waals surface area contributed by atoms with Crippen molar-refractivity contribution in [2.45, 2.75) is 24.7 Å². The number of carbonyl (C=O) groups is 1. The minimum atomic E-state index is -3.69. The van der Waals surface area contributed by atoms with Gasteiger partial charge in [0.15, 0.2) is 0 Å². The second kappa shape index (κ2) is 6.76. The third kappa shape index (κ3) is 3.46. The lowest BCUT2D eigenvalue weighted by Gasteiger charge is -2.16. The Kier molecular flexibility index (Phi) is 4.67. The van der Waals surface area contributed by atoms with Gasteiger partial charge in [-0.05, 0) is 54.4 Å². The van der Waals surface area contributed by atoms with E-state index in [0.717, 1.165) is 11.3 Å². The van der Waals surface area contributed by atoms with Crippen molar-refractivity contribution in [2.75, 3.05) is 23.3 Å². The molecule has 0 unspecified atom stereocenters. The molecule has 2 aromatic rings. The fourth-order valence-corrected chi connectivity index (χ4v) is 3.98. The molecule has 0 saturated heterocycles. The van der Waals surface area contributed by atoms with E-state index in [9.17, 15) is 13.2 Å². The first-order chi connectivity index (χ1) is 11.9. The normalized spacial score (nSPS) is 13.4. The van der Waals surface area contributed by atoms with E-state index in [4.69, 9.17) is 4.74 Å². The van der Waals surface area contributed by atoms with Gasteiger partial charge in [0.1, 0.15) is 5.75 Å². The van der Waals surface area contributed by atoms with Crippen LogP contribution in [0.15, 0.2) is 47.4 Å². The number of nitrogens with one attached hydrogen (secondary N) is 1. The molecule has 0 aromatic heterocycles. The number of nitrogens with zero attached hydrogens (tertiary/aromatic N) is 1. The van der Waals surface area contributed by atoms with Crippen molar-refractivity contribution in [3.63, 3.8) is 0 Å². The fourth-order valence-electron chi connectivity index (χ4n) is 2.87. The van der Waals surface area contributed by atoms with Crippen molar-refractivity contribution >= 4 is 27.3 Å². The van der Waals surface area contributed by atoms with Gasteiger partial charge in [0, 0.05) is 24.3 Å². The predicted octanol–water partition coefficient (Wildman–Crippen LogP) is 2.80. The zero-order valence-corrected chi connectivity index (χ0v) is 15.0. The molecule has 0 atom stereocenters. The quantitative estimate of drug-likeness (QED) is 0.890. The van der Waals surface area contributed by atoms with Gasteiger partial charge in [-0.15, -0.1) is 0 Å². The predicted molar refractivity (Wildman–Crippen MR) is 96.6 cm³/mol. The van der Waals surface area contributed by atoms with Crippen LogP contribution in [0, 0.1) is 0 Å². The molecule has 2 aromatic carbocycles. The molecule has 0 radical (unpaired) electrons. The van der Waals surface area contributed by atoms with Crippen LogP contribution in [-0.2, 0) is 21.2 Å². The molecular formula is C18H20N2O4S. The molecule has 1 amide bonds. The molecule has 1 N–H and O–H groups in total. The molecule has 0 saturated carbocycles. The maximum atomic E-state index is 12.6. The number of sulfonamides is 1. The second-order valence-corrected chi connectivity index (χ2v) is 7.46. The number of rotatable bonds is 5. The standard InChI is InChI=1S/C18H20N2O4S/c1-3-18(21)20-11-10-13-12-16(8-9-17(13)20)25(22,23)19-14-4-6-15(24-2)7-5-14/h4-9,12,19H,3,10-11H2,1-2H3. The molecule has 1 aliphatic rings. The van der Waals surface area contributed by atoms with Crippen LogP contribution in [0.25, 0.3) is 0 Å². The van der Waals surface area contributed by atoms with Crippen molar-refractivity contribution in [2.24, 2.45) is 0 Å². The van der Waals surface area contributed by atoms with E-state index in [1.54, 1.807) is 48.4 Å². The summed E-state index contributed by atoms with van der Waals surface area (Å²) in [5.41, 5.74) is 2.14. The molecule has 7 heteroatoms. The van der Waals surface area contributed by atoms with E-state index in [-0.39, 0.29) is 10.8 Å². The van der Waals surface area contributed by atoms with E-state index >= 15 is 0 Å². The van der Waals surface area contributed by atoms with Gasteiger partial charge in [-0.1, -0.05) is 6.92 Å². The highest BCUT2D eigenvalue weighted by atomic mass is 32.2. The molecule has 6 nitrogen and oxygen atoms in total. The topological polar surface area (TPSA) is 75.7 Å². The molecule has 1 aliphatic heterocycles. The Morgan fingerprint density at radius 3 is 2.56 bits per heavy atom. The number of carbonyl (C=O) groups excluding carboxylic acids is 1. The van der Waals surface area contributed by atoms with Gasteiger partial charge in [-0.3, -0.25) is 9.52 Å². The van der Waals surface area contributed by atoms with Crippen LogP contribution in [0.3, 0.4) is 0 Å². The van der Waals surface area contributed by atoms with Gasteiger partial charge in [0.25, 0.3) is 10.0 Å². The Hall–Kier alpha value is -2.54. The summed E-state index contributed by atoms with van der Waals surface area (Å²) in [5, 5.41) is 0. The number of hydrogen-bond acceptors (Lipinski definition) is 4. The smallest absolute Gasteiger partial charge is 0.261 e. The van der Waals surface area contributed by atoms with Gasteiger partial charge in [0.05, 0.1) is 12.0 Å². The van der Waals surface area contributed by atoms with Crippen molar-refractivity contribution in [3.05, 3.63) is 48.0 Å². The number of amides is 1. The lowest BCUT2D eigenvalue weighted by Crippen LogP contribution is -2.27. The Labute approximate surface area is 147 Å². The maximum Gasteiger partial charge on any atom is 0.261 e. The van der Waals surface area contributed by atoms with Gasteiger partial charge in [0.2, 0.25) is 5.91 Å². The summed E-state index contributed by atoms with van der Waals surface area (Å²) in [4.78, 5) is 13.8. The first-order valence-corrected chi connectivity index (χ1v) is 9.53. The summed E-state index contributed by atoms with van der Waals surface area (Å²) in [6.45, 7) is 2.41. The Morgan fingerprint density at radius 1 is 1.20 bits per heavy atom. The molecule has 1 heterocycles. The molecule has 0 aliphatic carbocycles. The Balaban J connectivity index is 1.84. The monoisotopic (exact) mass is 360 g/mol. The summed E-state index contributed by atoms with van der Waals surface area (Å²) >= 11 is 0. The van der Waals surface area contributed by atoms with Crippen LogP contribution < -0.4 is 14.4 Å². The van der Waals surface area contributed by atoms with Crippen LogP contribution >= 0.6 is 0 Å². The second-order valence-electron chi connectivity index (χ2n) is 5.77. The SMILES string of the molecule is CCC(=O)N1CCc2cc(S(=O)(=O)Nc3ccc(OC)cc3)ccc21. The summed E-state index contributed by atoms with van der Waals surface area (Å²) in [5.74, 6) is 0.701. The van der Waals surface area contributed by atoms with Crippen molar-refractivity contribution in [1.29, 1.82) is 0 Å². The van der Waals surface area contributed by atoms with Crippen molar-refractivity contribution in [1.82, 2.24) is 0 Å². The number of fused-ring (bicyclic) bond motifs is 1. The highest BCUT2D eigenvalue weighted by Gasteiger charge is 2.25. The lowest BCUT2D eigenvalue weighted by atomic mass is 10.2. The van der Waals surface area contributed by atoms with Gasteiger partial charge in [-0.25, -0.2) is 8.42 Å². The zero-order chi connectivity index (χ0) is 18.0. The molecule has 0 fully saturated rings. The first-order valence-electron chi connectivity index (χ1n) is 8.05. The molecule has 0 spiro atoms. The maximum absolute atomic E-state index is 12.6. The minimum absolute atomic E-state index is 0.0470. The fraction of sp³-hybridized carbons (Fsp3) is 0.278. The average molecular weight is 360 g/mol. The average Bonchev–Trinajstić information content (AvgIpc) is 3.04. The van der Waals surface area contributed by atoms with Crippen LogP contribution in [0.4, 0.5) is 11.4 Å². The lowest BCUT2D eigenvalue weighted by molar-refractivity contribution is -0.118. The summed E-state index contributed by atoms with van der Waals surface area (Å²) in [6, 6.07) is 11.6. The van der Waals surface area contributed by atoms with E-state index < -0.39 is 10.0 Å². The highest BCUT2D eigenvalue weighted by molar-refractivity contribution is 7.92. The van der Waals surface area contributed by atoms with E-state index in [1.165, 1.54) is 6.07 Å². The van der Waals surface area contributed by atoms with Gasteiger partial charge >= 0.3 is 0 Å². The Morgan fingerprint density at radius 2 is 1.92 bits per heavy atom. The molecule has 0 bridgehead atoms. The number of hydrogen-bond donors (Lipinski definition) is 1. The molecule has 3 rings (SSSR count).